The minimum atomic E-state index is 0.0885. The number of H-pyrrole nitrogens is 1. The topological polar surface area (TPSA) is 62.1 Å². The van der Waals surface area contributed by atoms with E-state index in [4.69, 9.17) is 5.73 Å². The fourth-order valence-corrected chi connectivity index (χ4v) is 2.47. The summed E-state index contributed by atoms with van der Waals surface area (Å²) in [5.41, 5.74) is 8.63. The lowest BCUT2D eigenvalue weighted by atomic mass is 9.90. The van der Waals surface area contributed by atoms with Gasteiger partial charge in [-0.25, -0.2) is 0 Å². The molecule has 2 rings (SSSR count). The Morgan fingerprint density at radius 2 is 2.29 bits per heavy atom. The first kappa shape index (κ1) is 12.2. The lowest BCUT2D eigenvalue weighted by Gasteiger charge is -2.22. The highest BCUT2D eigenvalue weighted by molar-refractivity contribution is 5.94. The van der Waals surface area contributed by atoms with E-state index in [-0.39, 0.29) is 11.3 Å². The summed E-state index contributed by atoms with van der Waals surface area (Å²) >= 11 is 0. The van der Waals surface area contributed by atoms with Gasteiger partial charge in [-0.15, -0.1) is 0 Å². The molecule has 3 N–H and O–H groups in total. The van der Waals surface area contributed by atoms with Crippen molar-refractivity contribution in [2.24, 2.45) is 11.1 Å². The van der Waals surface area contributed by atoms with Gasteiger partial charge in [0.1, 0.15) is 5.69 Å². The quantitative estimate of drug-likeness (QED) is 0.815. The van der Waals surface area contributed by atoms with Crippen molar-refractivity contribution in [3.8, 4) is 0 Å². The molecule has 2 heterocycles. The van der Waals surface area contributed by atoms with E-state index in [2.05, 4.69) is 11.9 Å². The Bertz CT molecular complexity index is 438. The van der Waals surface area contributed by atoms with Crippen LogP contribution in [0.25, 0.3) is 0 Å². The first-order valence-corrected chi connectivity index (χ1v) is 6.11. The number of aryl methyl sites for hydroxylation is 2. The fourth-order valence-electron chi connectivity index (χ4n) is 2.47. The molecule has 0 bridgehead atoms. The Hall–Kier alpha value is -1.29. The standard InChI is InChI=1S/C13H21N3O/c1-9-6-10(2)15-11(9)12(17)16-5-4-13(3,7-14)8-16/h6,15H,4-5,7-8,14H2,1-3H3. The molecule has 17 heavy (non-hydrogen) atoms. The van der Waals surface area contributed by atoms with E-state index < -0.39 is 0 Å². The van der Waals surface area contributed by atoms with E-state index in [0.29, 0.717) is 6.54 Å². The summed E-state index contributed by atoms with van der Waals surface area (Å²) in [5.74, 6) is 0.104. The molecule has 1 aromatic heterocycles. The van der Waals surface area contributed by atoms with Crippen molar-refractivity contribution in [2.45, 2.75) is 27.2 Å². The average Bonchev–Trinajstić information content (AvgIpc) is 2.82. The maximum absolute atomic E-state index is 12.3. The van der Waals surface area contributed by atoms with Crippen molar-refractivity contribution in [3.05, 3.63) is 23.0 Å². The van der Waals surface area contributed by atoms with Crippen LogP contribution < -0.4 is 5.73 Å². The molecule has 1 aliphatic heterocycles. The predicted octanol–water partition coefficient (Wildman–Crippen LogP) is 1.44. The second-order valence-electron chi connectivity index (χ2n) is 5.50. The number of carbonyl (C=O) groups is 1. The molecule has 0 aliphatic carbocycles. The number of likely N-dealkylation sites (tertiary alicyclic amines) is 1. The summed E-state index contributed by atoms with van der Waals surface area (Å²) in [6.45, 7) is 8.29. The van der Waals surface area contributed by atoms with Crippen molar-refractivity contribution in [1.29, 1.82) is 0 Å². The molecule has 1 fully saturated rings. The van der Waals surface area contributed by atoms with Crippen LogP contribution in [0.1, 0.15) is 35.1 Å². The van der Waals surface area contributed by atoms with Gasteiger partial charge < -0.3 is 15.6 Å². The number of hydrogen-bond acceptors (Lipinski definition) is 2. The molecule has 94 valence electrons. The molecule has 1 aliphatic rings. The van der Waals surface area contributed by atoms with Gasteiger partial charge in [-0.1, -0.05) is 6.92 Å². The SMILES string of the molecule is Cc1cc(C)c(C(=O)N2CCC(C)(CN)C2)[nH]1. The molecule has 0 aromatic carbocycles. The maximum Gasteiger partial charge on any atom is 0.270 e. The third-order valence-corrected chi connectivity index (χ3v) is 3.70. The monoisotopic (exact) mass is 235 g/mol. The van der Waals surface area contributed by atoms with Crippen LogP contribution in [0.3, 0.4) is 0 Å². The van der Waals surface area contributed by atoms with Crippen molar-refractivity contribution in [1.82, 2.24) is 9.88 Å². The summed E-state index contributed by atoms with van der Waals surface area (Å²) < 4.78 is 0. The Morgan fingerprint density at radius 3 is 2.76 bits per heavy atom. The van der Waals surface area contributed by atoms with Gasteiger partial charge in [0.25, 0.3) is 5.91 Å². The Morgan fingerprint density at radius 1 is 1.59 bits per heavy atom. The molecule has 0 saturated carbocycles. The first-order chi connectivity index (χ1) is 7.95. The summed E-state index contributed by atoms with van der Waals surface area (Å²) in [6, 6.07) is 2.01. The van der Waals surface area contributed by atoms with Crippen LogP contribution in [0.5, 0.6) is 0 Å². The lowest BCUT2D eigenvalue weighted by Crippen LogP contribution is -2.34. The van der Waals surface area contributed by atoms with E-state index in [1.807, 2.05) is 24.8 Å². The average molecular weight is 235 g/mol. The zero-order valence-electron chi connectivity index (χ0n) is 10.8. The molecular formula is C13H21N3O. The zero-order valence-corrected chi connectivity index (χ0v) is 10.8. The van der Waals surface area contributed by atoms with Crippen molar-refractivity contribution < 1.29 is 4.79 Å². The maximum atomic E-state index is 12.3. The molecule has 1 amide bonds. The molecule has 1 saturated heterocycles. The van der Waals surface area contributed by atoms with E-state index in [0.717, 1.165) is 36.5 Å². The van der Waals surface area contributed by atoms with Gasteiger partial charge in [0.15, 0.2) is 0 Å². The highest BCUT2D eigenvalue weighted by Gasteiger charge is 2.35. The van der Waals surface area contributed by atoms with Gasteiger partial charge in [-0.2, -0.15) is 0 Å². The highest BCUT2D eigenvalue weighted by Crippen LogP contribution is 2.29. The van der Waals surface area contributed by atoms with Crippen LogP contribution in [-0.2, 0) is 0 Å². The predicted molar refractivity (Wildman–Crippen MR) is 67.9 cm³/mol. The molecule has 1 aromatic rings. The molecule has 4 heteroatoms. The second-order valence-corrected chi connectivity index (χ2v) is 5.50. The van der Waals surface area contributed by atoms with Gasteiger partial charge in [0, 0.05) is 18.8 Å². The Balaban J connectivity index is 2.15. The third kappa shape index (κ3) is 2.22. The number of nitrogens with one attached hydrogen (secondary N) is 1. The van der Waals surface area contributed by atoms with Gasteiger partial charge in [0.05, 0.1) is 0 Å². The molecule has 1 unspecified atom stereocenters. The van der Waals surface area contributed by atoms with Crippen LogP contribution in [0.15, 0.2) is 6.07 Å². The smallest absolute Gasteiger partial charge is 0.270 e. The second kappa shape index (κ2) is 4.18. The molecule has 4 nitrogen and oxygen atoms in total. The molecular weight excluding hydrogens is 214 g/mol. The molecule has 1 atom stereocenters. The summed E-state index contributed by atoms with van der Waals surface area (Å²) in [7, 11) is 0. The number of nitrogens with zero attached hydrogens (tertiary/aromatic N) is 1. The van der Waals surface area contributed by atoms with E-state index >= 15 is 0 Å². The number of carbonyl (C=O) groups excluding carboxylic acids is 1. The van der Waals surface area contributed by atoms with Gasteiger partial charge in [0.2, 0.25) is 0 Å². The minimum Gasteiger partial charge on any atom is -0.354 e. The van der Waals surface area contributed by atoms with Gasteiger partial charge in [-0.3, -0.25) is 4.79 Å². The zero-order chi connectivity index (χ0) is 12.6. The minimum absolute atomic E-state index is 0.0885. The van der Waals surface area contributed by atoms with Crippen LogP contribution in [0.2, 0.25) is 0 Å². The van der Waals surface area contributed by atoms with Crippen molar-refractivity contribution >= 4 is 5.91 Å². The molecule has 0 radical (unpaired) electrons. The largest absolute Gasteiger partial charge is 0.354 e. The summed E-state index contributed by atoms with van der Waals surface area (Å²) in [5, 5.41) is 0. The number of rotatable bonds is 2. The number of hydrogen-bond donors (Lipinski definition) is 2. The fraction of sp³-hybridized carbons (Fsp3) is 0.615. The van der Waals surface area contributed by atoms with Crippen molar-refractivity contribution in [3.63, 3.8) is 0 Å². The number of aromatic nitrogens is 1. The van der Waals surface area contributed by atoms with Crippen LogP contribution in [0, 0.1) is 19.3 Å². The van der Waals surface area contributed by atoms with Crippen molar-refractivity contribution in [2.75, 3.05) is 19.6 Å². The lowest BCUT2D eigenvalue weighted by molar-refractivity contribution is 0.0771. The van der Waals surface area contributed by atoms with Crippen LogP contribution in [-0.4, -0.2) is 35.4 Å². The van der Waals surface area contributed by atoms with Gasteiger partial charge in [-0.05, 0) is 43.9 Å². The summed E-state index contributed by atoms with van der Waals surface area (Å²) in [4.78, 5) is 17.4. The van der Waals surface area contributed by atoms with Crippen LogP contribution in [0.4, 0.5) is 0 Å². The summed E-state index contributed by atoms with van der Waals surface area (Å²) in [6.07, 6.45) is 0.994. The van der Waals surface area contributed by atoms with Gasteiger partial charge >= 0.3 is 0 Å². The van der Waals surface area contributed by atoms with E-state index in [1.54, 1.807) is 0 Å². The number of amides is 1. The Kier molecular flexibility index (Phi) is 3.00. The van der Waals surface area contributed by atoms with Crippen LogP contribution >= 0.6 is 0 Å². The first-order valence-electron chi connectivity index (χ1n) is 6.11. The number of aromatic amines is 1. The number of nitrogens with two attached hydrogens (primary N) is 1. The normalized spacial score (nSPS) is 24.4. The highest BCUT2D eigenvalue weighted by atomic mass is 16.2. The van der Waals surface area contributed by atoms with E-state index in [1.165, 1.54) is 0 Å². The third-order valence-electron chi connectivity index (χ3n) is 3.70. The van der Waals surface area contributed by atoms with E-state index in [9.17, 15) is 4.79 Å². The Labute approximate surface area is 102 Å². The molecule has 0 spiro atoms.